The minimum Gasteiger partial charge on any atom is -0.410 e. The van der Waals surface area contributed by atoms with E-state index in [-0.39, 0.29) is 23.0 Å². The van der Waals surface area contributed by atoms with Crippen LogP contribution >= 0.6 is 0 Å². The molecule has 0 aliphatic heterocycles. The van der Waals surface area contributed by atoms with Crippen LogP contribution < -0.4 is 0 Å². The van der Waals surface area contributed by atoms with Crippen LogP contribution in [-0.2, 0) is 8.85 Å². The van der Waals surface area contributed by atoms with E-state index in [0.717, 1.165) is 16.7 Å². The van der Waals surface area contributed by atoms with Crippen molar-refractivity contribution >= 4 is 35.8 Å². The highest BCUT2D eigenvalue weighted by Crippen LogP contribution is 2.45. The van der Waals surface area contributed by atoms with Gasteiger partial charge in [0.2, 0.25) is 18.1 Å². The maximum Gasteiger partial charge on any atom is 0.205 e. The summed E-state index contributed by atoms with van der Waals surface area (Å²) in [5.74, 6) is 0. The first-order chi connectivity index (χ1) is 19.9. The van der Waals surface area contributed by atoms with Crippen molar-refractivity contribution in [1.82, 2.24) is 0 Å². The minimum atomic E-state index is -0.937. The van der Waals surface area contributed by atoms with Gasteiger partial charge >= 0.3 is 0 Å². The molecule has 5 heteroatoms. The van der Waals surface area contributed by atoms with E-state index < -0.39 is 23.7 Å². The van der Waals surface area contributed by atoms with Crippen LogP contribution in [0.2, 0.25) is 26.2 Å². The van der Waals surface area contributed by atoms with E-state index >= 15 is 0 Å². The van der Waals surface area contributed by atoms with E-state index in [1.165, 1.54) is 16.7 Å². The van der Waals surface area contributed by atoms with Crippen LogP contribution in [0.5, 0.6) is 0 Å². The third-order valence-electron chi connectivity index (χ3n) is 7.74. The van der Waals surface area contributed by atoms with Gasteiger partial charge in [-0.3, -0.25) is 0 Å². The average molecular weight is 619 g/mol. The highest BCUT2D eigenvalue weighted by Gasteiger charge is 2.36. The Balaban J connectivity index is 2.54. The second-order valence-corrected chi connectivity index (χ2v) is 18.5. The molecule has 2 radical (unpaired) electrons. The van der Waals surface area contributed by atoms with Crippen LogP contribution in [0.4, 0.5) is 0 Å². The normalized spacial score (nSPS) is 15.3. The SMILES string of the molecule is CCC(O)(C=CC=C(C)c1cccc(C=Cc2ccc(C(O[Si](C)C)C(C)(C)C)c(C(O[Si](C)C)C(C)(C)C)c2)c1)CC. The quantitative estimate of drug-likeness (QED) is 0.138. The lowest BCUT2D eigenvalue weighted by atomic mass is 9.77. The van der Waals surface area contributed by atoms with Crippen molar-refractivity contribution in [1.29, 1.82) is 0 Å². The van der Waals surface area contributed by atoms with Gasteiger partial charge < -0.3 is 14.0 Å². The third kappa shape index (κ3) is 11.4. The first kappa shape index (κ1) is 37.2. The lowest BCUT2D eigenvalue weighted by Gasteiger charge is -2.39. The minimum absolute atomic E-state index is 0.00612. The van der Waals surface area contributed by atoms with Crippen LogP contribution in [0.15, 0.2) is 60.7 Å². The molecule has 0 bridgehead atoms. The van der Waals surface area contributed by atoms with E-state index in [1.807, 2.05) is 26.0 Å². The monoisotopic (exact) mass is 618 g/mol. The second-order valence-electron chi connectivity index (χ2n) is 14.4. The fraction of sp³-hybridized carbons (Fsp3) is 0.526. The maximum atomic E-state index is 10.6. The van der Waals surface area contributed by atoms with Crippen LogP contribution in [0.1, 0.15) is 115 Å². The molecule has 2 aromatic rings. The number of hydrogen-bond acceptors (Lipinski definition) is 3. The van der Waals surface area contributed by atoms with E-state index in [2.05, 4.69) is 135 Å². The number of aliphatic hydroxyl groups is 1. The second kappa shape index (κ2) is 15.8. The predicted molar refractivity (Wildman–Crippen MR) is 192 cm³/mol. The molecule has 2 atom stereocenters. The van der Waals surface area contributed by atoms with Gasteiger partial charge in [-0.05, 0) is 102 Å². The van der Waals surface area contributed by atoms with Crippen molar-refractivity contribution < 1.29 is 14.0 Å². The number of benzene rings is 2. The first-order valence-electron chi connectivity index (χ1n) is 15.8. The molecule has 2 aromatic carbocycles. The molecule has 2 unspecified atom stereocenters. The summed E-state index contributed by atoms with van der Waals surface area (Å²) in [6.07, 6.45) is 11.8. The van der Waals surface area contributed by atoms with Crippen molar-refractivity contribution in [3.63, 3.8) is 0 Å². The molecule has 236 valence electrons. The molecule has 0 amide bonds. The van der Waals surface area contributed by atoms with E-state index in [0.29, 0.717) is 12.8 Å². The van der Waals surface area contributed by atoms with Crippen LogP contribution in [0.25, 0.3) is 17.7 Å². The summed E-state index contributed by atoms with van der Waals surface area (Å²) in [6, 6.07) is 15.4. The summed E-state index contributed by atoms with van der Waals surface area (Å²) in [5, 5.41) is 10.6. The fourth-order valence-corrected chi connectivity index (χ4v) is 6.99. The van der Waals surface area contributed by atoms with E-state index in [4.69, 9.17) is 8.85 Å². The maximum absolute atomic E-state index is 10.6. The summed E-state index contributed by atoms with van der Waals surface area (Å²) in [5.41, 5.74) is 6.27. The third-order valence-corrected chi connectivity index (χ3v) is 9.16. The Morgan fingerprint density at radius 2 is 1.28 bits per heavy atom. The van der Waals surface area contributed by atoms with Gasteiger partial charge in [-0.2, -0.15) is 0 Å². The Kier molecular flexibility index (Phi) is 13.7. The largest absolute Gasteiger partial charge is 0.410 e. The van der Waals surface area contributed by atoms with Crippen molar-refractivity contribution in [2.75, 3.05) is 0 Å². The van der Waals surface area contributed by atoms with Crippen LogP contribution in [-0.4, -0.2) is 28.8 Å². The Bertz CT molecular complexity index is 1250. The molecule has 0 aliphatic carbocycles. The molecule has 0 heterocycles. The summed E-state index contributed by atoms with van der Waals surface area (Å²) in [4.78, 5) is 0. The zero-order chi connectivity index (χ0) is 32.6. The molecule has 0 spiro atoms. The summed E-state index contributed by atoms with van der Waals surface area (Å²) in [7, 11) is -1.85. The number of hydrogen-bond donors (Lipinski definition) is 1. The van der Waals surface area contributed by atoms with Gasteiger partial charge in [0.25, 0.3) is 0 Å². The smallest absolute Gasteiger partial charge is 0.205 e. The molecular weight excluding hydrogens is 561 g/mol. The van der Waals surface area contributed by atoms with Gasteiger partial charge in [0, 0.05) is 0 Å². The molecular formula is C38H58O3Si2. The average Bonchev–Trinajstić information content (AvgIpc) is 2.92. The van der Waals surface area contributed by atoms with Gasteiger partial charge in [0.15, 0.2) is 0 Å². The topological polar surface area (TPSA) is 38.7 Å². The van der Waals surface area contributed by atoms with E-state index in [1.54, 1.807) is 0 Å². The molecule has 2 rings (SSSR count). The Morgan fingerprint density at radius 3 is 1.77 bits per heavy atom. The predicted octanol–water partition coefficient (Wildman–Crippen LogP) is 11.1. The Hall–Kier alpha value is -2.03. The van der Waals surface area contributed by atoms with Gasteiger partial charge in [-0.25, -0.2) is 0 Å². The Morgan fingerprint density at radius 1 is 0.767 bits per heavy atom. The zero-order valence-electron chi connectivity index (χ0n) is 29.3. The standard InChI is InChI=1S/C38H58O3Si2/c1-14-38(39,15-2)25-17-18-28(3)31-20-16-19-29(26-31)21-22-30-23-24-32(34(36(4,5)6)40-42(10)11)33(27-30)35(37(7,8)9)41-43(12)13/h16-27,34-35,39H,14-15H2,1-13H3. The molecule has 3 nitrogen and oxygen atoms in total. The number of rotatable bonds is 13. The molecule has 1 N–H and O–H groups in total. The molecule has 0 aromatic heterocycles. The summed E-state index contributed by atoms with van der Waals surface area (Å²) >= 11 is 0. The van der Waals surface area contributed by atoms with Gasteiger partial charge in [0.05, 0.1) is 17.8 Å². The highest BCUT2D eigenvalue weighted by molar-refractivity contribution is 6.48. The zero-order valence-corrected chi connectivity index (χ0v) is 31.3. The van der Waals surface area contributed by atoms with Crippen molar-refractivity contribution in [3.05, 3.63) is 88.5 Å². The van der Waals surface area contributed by atoms with Crippen LogP contribution in [0, 0.1) is 10.8 Å². The Labute approximate surface area is 267 Å². The van der Waals surface area contributed by atoms with Gasteiger partial charge in [-0.15, -0.1) is 0 Å². The number of allylic oxidation sites excluding steroid dienone is 3. The van der Waals surface area contributed by atoms with Gasteiger partial charge in [-0.1, -0.05) is 116 Å². The van der Waals surface area contributed by atoms with Gasteiger partial charge in [0.1, 0.15) is 0 Å². The molecule has 0 saturated heterocycles. The summed E-state index contributed by atoms with van der Waals surface area (Å²) in [6.45, 7) is 28.7. The van der Waals surface area contributed by atoms with Crippen LogP contribution in [0.3, 0.4) is 0 Å². The summed E-state index contributed by atoms with van der Waals surface area (Å²) < 4.78 is 13.4. The van der Waals surface area contributed by atoms with Crippen molar-refractivity contribution in [2.45, 2.75) is 119 Å². The fourth-order valence-electron chi connectivity index (χ4n) is 5.08. The van der Waals surface area contributed by atoms with Crippen molar-refractivity contribution in [2.24, 2.45) is 10.8 Å². The first-order valence-corrected chi connectivity index (χ1v) is 20.7. The lowest BCUT2D eigenvalue weighted by Crippen LogP contribution is -2.31. The highest BCUT2D eigenvalue weighted by atomic mass is 28.3. The molecule has 0 fully saturated rings. The molecule has 43 heavy (non-hydrogen) atoms. The van der Waals surface area contributed by atoms with E-state index in [9.17, 15) is 5.11 Å². The molecule has 0 saturated carbocycles. The van der Waals surface area contributed by atoms with Crippen molar-refractivity contribution in [3.8, 4) is 0 Å². The molecule has 0 aliphatic rings. The lowest BCUT2D eigenvalue weighted by molar-refractivity contribution is 0.0656.